The van der Waals surface area contributed by atoms with Gasteiger partial charge < -0.3 is 14.3 Å². The van der Waals surface area contributed by atoms with Crippen molar-refractivity contribution in [1.82, 2.24) is 15.2 Å². The van der Waals surface area contributed by atoms with E-state index < -0.39 is 0 Å². The number of furan rings is 1. The number of nitrogens with zero attached hydrogens (tertiary/aromatic N) is 2. The number of hydrogen-bond acceptors (Lipinski definition) is 4. The van der Waals surface area contributed by atoms with Crippen LogP contribution in [-0.2, 0) is 0 Å². The summed E-state index contributed by atoms with van der Waals surface area (Å²) in [6.45, 7) is 0. The van der Waals surface area contributed by atoms with E-state index in [4.69, 9.17) is 9.41 Å². The number of fused-ring (bicyclic) bond motifs is 6. The van der Waals surface area contributed by atoms with Crippen LogP contribution in [-0.4, -0.2) is 10.4 Å². The van der Waals surface area contributed by atoms with Crippen molar-refractivity contribution in [2.24, 2.45) is 4.99 Å². The molecule has 1 aliphatic heterocycles. The Balaban J connectivity index is 1.06. The third kappa shape index (κ3) is 5.40. The molecule has 3 heterocycles. The first-order chi connectivity index (χ1) is 27.8. The van der Waals surface area contributed by atoms with E-state index in [9.17, 15) is 0 Å². The summed E-state index contributed by atoms with van der Waals surface area (Å²) in [5.74, 6) is 0.843. The SMILES string of the molecule is c1ccc(C2=NC(c3cccc(-c4ccccc4)c3)NC(c3cccc4oc5c(-n6c7ccccc7c7cc(-c8ccccc8)ccc76)cccc5c34)N2)cc1. The van der Waals surface area contributed by atoms with Gasteiger partial charge in [0.2, 0.25) is 0 Å². The van der Waals surface area contributed by atoms with Gasteiger partial charge in [0.15, 0.2) is 5.58 Å². The van der Waals surface area contributed by atoms with Crippen LogP contribution in [0.1, 0.15) is 29.0 Å². The Morgan fingerprint density at radius 3 is 1.89 bits per heavy atom. The highest BCUT2D eigenvalue weighted by Crippen LogP contribution is 2.41. The van der Waals surface area contributed by atoms with Crippen molar-refractivity contribution in [2.75, 3.05) is 0 Å². The molecule has 0 radical (unpaired) electrons. The van der Waals surface area contributed by atoms with Gasteiger partial charge in [0, 0.05) is 32.7 Å². The summed E-state index contributed by atoms with van der Waals surface area (Å²) in [5.41, 5.74) is 13.0. The van der Waals surface area contributed by atoms with E-state index in [0.717, 1.165) is 66.7 Å². The molecule has 2 aromatic heterocycles. The van der Waals surface area contributed by atoms with Crippen molar-refractivity contribution in [2.45, 2.75) is 12.3 Å². The van der Waals surface area contributed by atoms with Crippen LogP contribution in [0, 0.1) is 0 Å². The monoisotopic (exact) mass is 720 g/mol. The fourth-order valence-corrected chi connectivity index (χ4v) is 8.47. The van der Waals surface area contributed by atoms with Crippen molar-refractivity contribution < 1.29 is 4.42 Å². The molecular formula is C51H36N4O. The lowest BCUT2D eigenvalue weighted by Gasteiger charge is -2.32. The first-order valence-corrected chi connectivity index (χ1v) is 19.1. The zero-order valence-electron chi connectivity index (χ0n) is 30.4. The van der Waals surface area contributed by atoms with Gasteiger partial charge in [0.25, 0.3) is 0 Å². The fraction of sp³-hybridized carbons (Fsp3) is 0.0392. The normalized spacial score (nSPS) is 15.7. The van der Waals surface area contributed by atoms with Crippen molar-refractivity contribution >= 4 is 49.6 Å². The summed E-state index contributed by atoms with van der Waals surface area (Å²) in [6.07, 6.45) is -0.548. The maximum absolute atomic E-state index is 6.91. The van der Waals surface area contributed by atoms with Gasteiger partial charge in [0.1, 0.15) is 23.8 Å². The summed E-state index contributed by atoms with van der Waals surface area (Å²) in [5, 5.41) is 12.2. The summed E-state index contributed by atoms with van der Waals surface area (Å²) >= 11 is 0. The van der Waals surface area contributed by atoms with Crippen LogP contribution in [0.3, 0.4) is 0 Å². The zero-order chi connectivity index (χ0) is 37.0. The van der Waals surface area contributed by atoms with Crippen molar-refractivity contribution in [3.05, 3.63) is 211 Å². The minimum atomic E-state index is -0.289. The number of aromatic nitrogens is 1. The van der Waals surface area contributed by atoms with Crippen LogP contribution in [0.5, 0.6) is 0 Å². The molecule has 0 bridgehead atoms. The highest BCUT2D eigenvalue weighted by molar-refractivity contribution is 6.14. The van der Waals surface area contributed by atoms with Gasteiger partial charge in [-0.3, -0.25) is 5.32 Å². The van der Waals surface area contributed by atoms with E-state index in [1.54, 1.807) is 0 Å². The number of para-hydroxylation sites is 2. The highest BCUT2D eigenvalue weighted by Gasteiger charge is 2.29. The van der Waals surface area contributed by atoms with Gasteiger partial charge in [-0.15, -0.1) is 0 Å². The lowest BCUT2D eigenvalue weighted by molar-refractivity contribution is 0.411. The van der Waals surface area contributed by atoms with E-state index in [1.807, 2.05) is 6.07 Å². The second kappa shape index (κ2) is 13.3. The van der Waals surface area contributed by atoms with Gasteiger partial charge >= 0.3 is 0 Å². The Kier molecular flexibility index (Phi) is 7.64. The topological polar surface area (TPSA) is 54.5 Å². The van der Waals surface area contributed by atoms with Gasteiger partial charge in [-0.2, -0.15) is 0 Å². The number of aliphatic imine (C=N–C) groups is 1. The number of hydrogen-bond donors (Lipinski definition) is 2. The van der Waals surface area contributed by atoms with E-state index in [-0.39, 0.29) is 12.3 Å². The largest absolute Gasteiger partial charge is 0.454 e. The molecule has 0 fully saturated rings. The maximum atomic E-state index is 6.91. The average Bonchev–Trinajstić information content (AvgIpc) is 3.83. The van der Waals surface area contributed by atoms with Crippen LogP contribution in [0.4, 0.5) is 0 Å². The molecule has 11 rings (SSSR count). The fourth-order valence-electron chi connectivity index (χ4n) is 8.47. The van der Waals surface area contributed by atoms with Gasteiger partial charge in [-0.1, -0.05) is 158 Å². The summed E-state index contributed by atoms with van der Waals surface area (Å²) < 4.78 is 9.27. The molecule has 5 heteroatoms. The highest BCUT2D eigenvalue weighted by atomic mass is 16.3. The Morgan fingerprint density at radius 1 is 0.482 bits per heavy atom. The summed E-state index contributed by atoms with van der Waals surface area (Å²) in [4.78, 5) is 5.26. The van der Waals surface area contributed by atoms with Crippen molar-refractivity contribution in [3.8, 4) is 27.9 Å². The second-order valence-electron chi connectivity index (χ2n) is 14.4. The first kappa shape index (κ1) is 32.2. The van der Waals surface area contributed by atoms with Gasteiger partial charge in [0.05, 0.1) is 16.7 Å². The van der Waals surface area contributed by atoms with E-state index >= 15 is 0 Å². The predicted octanol–water partition coefficient (Wildman–Crippen LogP) is 12.4. The smallest absolute Gasteiger partial charge is 0.159 e. The molecule has 56 heavy (non-hydrogen) atoms. The quantitative estimate of drug-likeness (QED) is 0.180. The molecule has 0 spiro atoms. The molecular weight excluding hydrogens is 685 g/mol. The Hall–Kier alpha value is -7.21. The molecule has 0 amide bonds. The molecule has 10 aromatic rings. The molecule has 0 aliphatic carbocycles. The number of nitrogens with one attached hydrogen (secondary N) is 2. The number of benzene rings is 8. The minimum absolute atomic E-state index is 0.258. The van der Waals surface area contributed by atoms with Crippen molar-refractivity contribution in [3.63, 3.8) is 0 Å². The van der Waals surface area contributed by atoms with Gasteiger partial charge in [-0.05, 0) is 64.2 Å². The zero-order valence-corrected chi connectivity index (χ0v) is 30.4. The third-order valence-corrected chi connectivity index (χ3v) is 11.1. The van der Waals surface area contributed by atoms with Crippen LogP contribution in [0.15, 0.2) is 204 Å². The standard InChI is InChI=1S/C51H36N4O/c1-4-15-33(16-5-1)36-21-12-22-38(31-36)50-52-49(35-19-8-3-9-20-35)53-51(54-50)41-25-14-28-46-47(41)40-24-13-27-45(48(40)56-46)55-43-26-11-10-23-39(43)42-32-37(29-30-44(42)55)34-17-6-2-7-18-34/h1-32,50-51,54H,(H,52,53). The Bertz CT molecular complexity index is 3090. The molecule has 2 atom stereocenters. The Labute approximate surface area is 324 Å². The van der Waals surface area contributed by atoms with Crippen LogP contribution in [0.2, 0.25) is 0 Å². The molecule has 5 nitrogen and oxygen atoms in total. The maximum Gasteiger partial charge on any atom is 0.159 e. The minimum Gasteiger partial charge on any atom is -0.454 e. The Morgan fingerprint density at radius 2 is 1.11 bits per heavy atom. The van der Waals surface area contributed by atoms with Crippen LogP contribution >= 0.6 is 0 Å². The molecule has 2 unspecified atom stereocenters. The number of rotatable bonds is 6. The van der Waals surface area contributed by atoms with E-state index in [0.29, 0.717) is 0 Å². The summed E-state index contributed by atoms with van der Waals surface area (Å²) in [6, 6.07) is 68.5. The molecule has 1 aliphatic rings. The van der Waals surface area contributed by atoms with E-state index in [1.165, 1.54) is 27.5 Å². The van der Waals surface area contributed by atoms with Gasteiger partial charge in [-0.25, -0.2) is 4.99 Å². The first-order valence-electron chi connectivity index (χ1n) is 19.1. The molecule has 0 saturated carbocycles. The molecule has 2 N–H and O–H groups in total. The second-order valence-corrected chi connectivity index (χ2v) is 14.4. The number of amidine groups is 1. The molecule has 8 aromatic carbocycles. The molecule has 0 saturated heterocycles. The lowest BCUT2D eigenvalue weighted by atomic mass is 9.99. The van der Waals surface area contributed by atoms with Crippen molar-refractivity contribution in [1.29, 1.82) is 0 Å². The third-order valence-electron chi connectivity index (χ3n) is 11.1. The van der Waals surface area contributed by atoms with Crippen LogP contribution in [0.25, 0.3) is 71.7 Å². The predicted molar refractivity (Wildman–Crippen MR) is 230 cm³/mol. The van der Waals surface area contributed by atoms with E-state index in [2.05, 4.69) is 203 Å². The van der Waals surface area contributed by atoms with Crippen LogP contribution < -0.4 is 10.6 Å². The lowest BCUT2D eigenvalue weighted by Crippen LogP contribution is -2.45. The molecule has 266 valence electrons. The average molecular weight is 721 g/mol. The summed E-state index contributed by atoms with van der Waals surface area (Å²) in [7, 11) is 0.